The van der Waals surface area contributed by atoms with E-state index in [1.807, 2.05) is 43.3 Å². The minimum absolute atomic E-state index is 0.0800. The summed E-state index contributed by atoms with van der Waals surface area (Å²) in [7, 11) is 1.63. The number of furan rings is 1. The van der Waals surface area contributed by atoms with E-state index >= 15 is 0 Å². The second kappa shape index (κ2) is 6.97. The number of hydrogen-bond donors (Lipinski definition) is 1. The number of ketones is 1. The van der Waals surface area contributed by atoms with Gasteiger partial charge in [0.25, 0.3) is 0 Å². The number of nitriles is 1. The minimum atomic E-state index is -0.466. The Kier molecular flexibility index (Phi) is 4.58. The lowest BCUT2D eigenvalue weighted by Gasteiger charge is -2.38. The summed E-state index contributed by atoms with van der Waals surface area (Å²) in [4.78, 5) is 13.1. The van der Waals surface area contributed by atoms with Crippen molar-refractivity contribution in [1.29, 1.82) is 5.26 Å². The van der Waals surface area contributed by atoms with E-state index in [1.165, 1.54) is 0 Å². The average molecular weight is 388 g/mol. The first-order valence-corrected chi connectivity index (χ1v) is 9.71. The lowest BCUT2D eigenvalue weighted by atomic mass is 9.70. The molecule has 2 aromatic rings. The summed E-state index contributed by atoms with van der Waals surface area (Å²) < 4.78 is 11.4. The molecule has 0 amide bonds. The number of nitrogens with one attached hydrogen (secondary N) is 1. The van der Waals surface area contributed by atoms with Gasteiger partial charge in [-0.15, -0.1) is 0 Å². The van der Waals surface area contributed by atoms with Crippen LogP contribution in [0, 0.1) is 16.7 Å². The predicted molar refractivity (Wildman–Crippen MR) is 110 cm³/mol. The van der Waals surface area contributed by atoms with Gasteiger partial charge >= 0.3 is 0 Å². The summed E-state index contributed by atoms with van der Waals surface area (Å²) in [5, 5.41) is 13.1. The Morgan fingerprint density at radius 2 is 1.90 bits per heavy atom. The van der Waals surface area contributed by atoms with Crippen molar-refractivity contribution < 1.29 is 13.9 Å². The van der Waals surface area contributed by atoms with Crippen LogP contribution < -0.4 is 10.1 Å². The SMILES string of the molecule is COc1ccc(-c2ccc([C@H]3C(C#N)=C(C)NC4=C3C(=O)CC(C)(C)C4)o2)cc1. The van der Waals surface area contributed by atoms with Crippen molar-refractivity contribution >= 4 is 5.78 Å². The molecule has 0 fully saturated rings. The molecule has 2 heterocycles. The van der Waals surface area contributed by atoms with Gasteiger partial charge in [-0.2, -0.15) is 5.26 Å². The van der Waals surface area contributed by atoms with Crippen LogP contribution in [0.25, 0.3) is 11.3 Å². The third-order valence-electron chi connectivity index (χ3n) is 5.65. The second-order valence-corrected chi connectivity index (χ2v) is 8.47. The maximum Gasteiger partial charge on any atom is 0.162 e. The topological polar surface area (TPSA) is 75.3 Å². The number of rotatable bonds is 3. The van der Waals surface area contributed by atoms with Crippen molar-refractivity contribution in [2.45, 2.75) is 39.5 Å². The first-order chi connectivity index (χ1) is 13.8. The van der Waals surface area contributed by atoms with Crippen LogP contribution in [0.1, 0.15) is 45.3 Å². The van der Waals surface area contributed by atoms with E-state index in [4.69, 9.17) is 9.15 Å². The van der Waals surface area contributed by atoms with E-state index in [0.29, 0.717) is 29.1 Å². The second-order valence-electron chi connectivity index (χ2n) is 8.47. The molecule has 1 atom stereocenters. The number of benzene rings is 1. The number of hydrogen-bond acceptors (Lipinski definition) is 5. The molecule has 148 valence electrons. The molecule has 0 radical (unpaired) electrons. The van der Waals surface area contributed by atoms with Crippen molar-refractivity contribution in [1.82, 2.24) is 5.32 Å². The zero-order chi connectivity index (χ0) is 20.8. The van der Waals surface area contributed by atoms with E-state index in [9.17, 15) is 10.1 Å². The highest BCUT2D eigenvalue weighted by Gasteiger charge is 2.42. The van der Waals surface area contributed by atoms with E-state index in [0.717, 1.165) is 29.1 Å². The van der Waals surface area contributed by atoms with Gasteiger partial charge in [-0.3, -0.25) is 4.79 Å². The third-order valence-corrected chi connectivity index (χ3v) is 5.65. The minimum Gasteiger partial charge on any atom is -0.497 e. The first-order valence-electron chi connectivity index (χ1n) is 9.71. The zero-order valence-corrected chi connectivity index (χ0v) is 17.1. The fourth-order valence-electron chi connectivity index (χ4n) is 4.29. The molecule has 1 aromatic heterocycles. The third kappa shape index (κ3) is 3.36. The molecule has 5 heteroatoms. The highest BCUT2D eigenvalue weighted by atomic mass is 16.5. The number of allylic oxidation sites excluding steroid dienone is 4. The molecule has 1 aliphatic heterocycles. The summed E-state index contributed by atoms with van der Waals surface area (Å²) in [5.74, 6) is 1.70. The van der Waals surface area contributed by atoms with E-state index in [2.05, 4.69) is 25.2 Å². The van der Waals surface area contributed by atoms with Gasteiger partial charge < -0.3 is 14.5 Å². The van der Waals surface area contributed by atoms with Crippen molar-refractivity contribution in [2.24, 2.45) is 5.41 Å². The summed E-state index contributed by atoms with van der Waals surface area (Å²) in [6.45, 7) is 6.08. The van der Waals surface area contributed by atoms with Crippen molar-refractivity contribution in [2.75, 3.05) is 7.11 Å². The van der Waals surface area contributed by atoms with Crippen LogP contribution in [0.2, 0.25) is 0 Å². The molecule has 1 aromatic carbocycles. The largest absolute Gasteiger partial charge is 0.497 e. The maximum absolute atomic E-state index is 13.1. The van der Waals surface area contributed by atoms with Gasteiger partial charge in [-0.05, 0) is 55.2 Å². The predicted octanol–water partition coefficient (Wildman–Crippen LogP) is 5.08. The Bertz CT molecular complexity index is 1080. The number of carbonyl (C=O) groups excluding carboxylic acids is 1. The summed E-state index contributed by atoms with van der Waals surface area (Å²) >= 11 is 0. The number of methoxy groups -OCH3 is 1. The van der Waals surface area contributed by atoms with Gasteiger partial charge in [0.1, 0.15) is 17.3 Å². The fourth-order valence-corrected chi connectivity index (χ4v) is 4.29. The van der Waals surface area contributed by atoms with Crippen molar-refractivity contribution in [3.8, 4) is 23.1 Å². The smallest absolute Gasteiger partial charge is 0.162 e. The lowest BCUT2D eigenvalue weighted by molar-refractivity contribution is -0.118. The number of carbonyl (C=O) groups is 1. The fraction of sp³-hybridized carbons (Fsp3) is 0.333. The van der Waals surface area contributed by atoms with Crippen LogP contribution in [-0.2, 0) is 4.79 Å². The van der Waals surface area contributed by atoms with Gasteiger partial charge in [0.2, 0.25) is 0 Å². The Morgan fingerprint density at radius 3 is 2.55 bits per heavy atom. The van der Waals surface area contributed by atoms with Crippen molar-refractivity contribution in [3.63, 3.8) is 0 Å². The number of dihydropyridines is 1. The van der Waals surface area contributed by atoms with E-state index in [1.54, 1.807) is 7.11 Å². The lowest BCUT2D eigenvalue weighted by Crippen LogP contribution is -2.36. The molecule has 4 rings (SSSR count). The van der Waals surface area contributed by atoms with Gasteiger partial charge in [-0.25, -0.2) is 0 Å². The first kappa shape index (κ1) is 19.1. The standard InChI is InChI=1S/C24H24N2O3/c1-14-17(13-25)22(23-18(26-14)11-24(2,3)12-19(23)27)21-10-9-20(29-21)15-5-7-16(28-4)8-6-15/h5-10,22,26H,11-12H2,1-4H3/t22-/m1/s1. The highest BCUT2D eigenvalue weighted by molar-refractivity contribution is 6.00. The molecule has 29 heavy (non-hydrogen) atoms. The van der Waals surface area contributed by atoms with Crippen LogP contribution in [0.15, 0.2) is 63.4 Å². The average Bonchev–Trinajstić information content (AvgIpc) is 3.15. The molecule has 1 aliphatic carbocycles. The molecular weight excluding hydrogens is 364 g/mol. The summed E-state index contributed by atoms with van der Waals surface area (Å²) in [6, 6.07) is 13.7. The number of nitrogens with zero attached hydrogens (tertiary/aromatic N) is 1. The number of ether oxygens (including phenoxy) is 1. The normalized spacial score (nSPS) is 20.8. The molecular formula is C24H24N2O3. The van der Waals surface area contributed by atoms with Crippen LogP contribution in [0.3, 0.4) is 0 Å². The van der Waals surface area contributed by atoms with E-state index < -0.39 is 5.92 Å². The van der Waals surface area contributed by atoms with Gasteiger partial charge in [0.05, 0.1) is 24.7 Å². The van der Waals surface area contributed by atoms with Crippen LogP contribution in [0.5, 0.6) is 5.75 Å². The Morgan fingerprint density at radius 1 is 1.17 bits per heavy atom. The molecule has 5 nitrogen and oxygen atoms in total. The Labute approximate surface area is 170 Å². The highest BCUT2D eigenvalue weighted by Crippen LogP contribution is 2.47. The Balaban J connectivity index is 1.78. The van der Waals surface area contributed by atoms with Crippen LogP contribution in [0.4, 0.5) is 0 Å². The molecule has 0 bridgehead atoms. The van der Waals surface area contributed by atoms with Gasteiger partial charge in [0, 0.05) is 29.0 Å². The van der Waals surface area contributed by atoms with Gasteiger partial charge in [0.15, 0.2) is 5.78 Å². The summed E-state index contributed by atoms with van der Waals surface area (Å²) in [5.41, 5.74) is 3.71. The number of Topliss-reactive ketones (excluding diaryl/α,β-unsaturated/α-hetero) is 1. The monoisotopic (exact) mass is 388 g/mol. The van der Waals surface area contributed by atoms with Gasteiger partial charge in [-0.1, -0.05) is 13.8 Å². The van der Waals surface area contributed by atoms with Crippen LogP contribution >= 0.6 is 0 Å². The molecule has 2 aliphatic rings. The van der Waals surface area contributed by atoms with E-state index in [-0.39, 0.29) is 11.2 Å². The molecule has 0 unspecified atom stereocenters. The maximum atomic E-state index is 13.1. The molecule has 1 N–H and O–H groups in total. The molecule has 0 spiro atoms. The quantitative estimate of drug-likeness (QED) is 0.793. The van der Waals surface area contributed by atoms with Crippen molar-refractivity contribution in [3.05, 3.63) is 64.7 Å². The Hall–Kier alpha value is -3.26. The summed E-state index contributed by atoms with van der Waals surface area (Å²) in [6.07, 6.45) is 1.24. The molecule has 0 saturated heterocycles. The van der Waals surface area contributed by atoms with Crippen LogP contribution in [-0.4, -0.2) is 12.9 Å². The molecule has 0 saturated carbocycles. The zero-order valence-electron chi connectivity index (χ0n) is 17.1.